The predicted molar refractivity (Wildman–Crippen MR) is 58.7 cm³/mol. The van der Waals surface area contributed by atoms with E-state index in [9.17, 15) is 0 Å². The number of fused-ring (bicyclic) bond motifs is 4. The van der Waals surface area contributed by atoms with Crippen LogP contribution in [0.3, 0.4) is 0 Å². The number of aromatic nitrogens is 1. The van der Waals surface area contributed by atoms with Crippen LogP contribution in [0.2, 0.25) is 0 Å². The van der Waals surface area contributed by atoms with Crippen molar-refractivity contribution < 1.29 is 0 Å². The van der Waals surface area contributed by atoms with Crippen LogP contribution in [0.4, 0.5) is 0 Å². The molecule has 2 atom stereocenters. The molecule has 2 bridgehead atoms. The number of aryl methyl sites for hydroxylation is 1. The zero-order valence-corrected chi connectivity index (χ0v) is 9.60. The molecule has 1 fully saturated rings. The van der Waals surface area contributed by atoms with Crippen molar-refractivity contribution in [2.75, 3.05) is 7.05 Å². The molecule has 2 aliphatic heterocycles. The van der Waals surface area contributed by atoms with Crippen molar-refractivity contribution in [1.82, 2.24) is 9.88 Å². The molecule has 14 heavy (non-hydrogen) atoms. The quantitative estimate of drug-likeness (QED) is 0.704. The van der Waals surface area contributed by atoms with Crippen molar-refractivity contribution in [2.45, 2.75) is 44.7 Å². The lowest BCUT2D eigenvalue weighted by molar-refractivity contribution is 0.226. The summed E-state index contributed by atoms with van der Waals surface area (Å²) in [6.45, 7) is 2.20. The van der Waals surface area contributed by atoms with Gasteiger partial charge in [0.15, 0.2) is 0 Å². The molecule has 0 spiro atoms. The van der Waals surface area contributed by atoms with Crippen LogP contribution in [0.25, 0.3) is 0 Å². The second-order valence-corrected chi connectivity index (χ2v) is 5.50. The largest absolute Gasteiger partial charge is 0.295 e. The summed E-state index contributed by atoms with van der Waals surface area (Å²) < 4.78 is 0. The van der Waals surface area contributed by atoms with Crippen LogP contribution >= 0.6 is 11.3 Å². The molecule has 0 aromatic carbocycles. The zero-order chi connectivity index (χ0) is 9.71. The monoisotopic (exact) mass is 208 g/mol. The molecule has 1 aromatic heterocycles. The minimum Gasteiger partial charge on any atom is -0.295 e. The third kappa shape index (κ3) is 1.09. The summed E-state index contributed by atoms with van der Waals surface area (Å²) in [7, 11) is 2.27. The molecule has 0 amide bonds. The molecular formula is C11H16N2S. The molecule has 3 rings (SSSR count). The van der Waals surface area contributed by atoms with Gasteiger partial charge in [-0.15, -0.1) is 11.3 Å². The lowest BCUT2D eigenvalue weighted by atomic mass is 10.1. The van der Waals surface area contributed by atoms with Crippen molar-refractivity contribution in [3.8, 4) is 0 Å². The summed E-state index contributed by atoms with van der Waals surface area (Å²) in [5.74, 6) is 0. The van der Waals surface area contributed by atoms with Crippen molar-refractivity contribution in [1.29, 1.82) is 0 Å². The van der Waals surface area contributed by atoms with Crippen molar-refractivity contribution in [3.05, 3.63) is 15.6 Å². The maximum absolute atomic E-state index is 4.74. The number of nitrogens with zero attached hydrogens (tertiary/aromatic N) is 2. The van der Waals surface area contributed by atoms with E-state index in [2.05, 4.69) is 18.9 Å². The van der Waals surface area contributed by atoms with Crippen LogP contribution in [0, 0.1) is 0 Å². The first-order chi connectivity index (χ1) is 6.79. The van der Waals surface area contributed by atoms with Gasteiger partial charge in [0.1, 0.15) is 0 Å². The minimum absolute atomic E-state index is 0.696. The normalized spacial score (nSPS) is 30.7. The molecule has 1 aromatic rings. The summed E-state index contributed by atoms with van der Waals surface area (Å²) in [5, 5.41) is 1.33. The van der Waals surface area contributed by atoms with Gasteiger partial charge in [-0.05, 0) is 26.3 Å². The number of hydrogen-bond acceptors (Lipinski definition) is 3. The van der Waals surface area contributed by atoms with Gasteiger partial charge in [0.05, 0.1) is 10.7 Å². The minimum atomic E-state index is 0.696. The van der Waals surface area contributed by atoms with E-state index in [1.54, 1.807) is 4.88 Å². The molecule has 1 saturated heterocycles. The highest BCUT2D eigenvalue weighted by atomic mass is 32.1. The lowest BCUT2D eigenvalue weighted by Gasteiger charge is -2.29. The van der Waals surface area contributed by atoms with E-state index >= 15 is 0 Å². The molecule has 0 saturated carbocycles. The molecule has 0 N–H and O–H groups in total. The number of hydrogen-bond donors (Lipinski definition) is 0. The molecule has 3 heterocycles. The summed E-state index contributed by atoms with van der Waals surface area (Å²) in [5.41, 5.74) is 1.41. The molecule has 2 nitrogen and oxygen atoms in total. The third-order valence-corrected chi connectivity index (χ3v) is 4.99. The average molecular weight is 208 g/mol. The lowest BCUT2D eigenvalue weighted by Crippen LogP contribution is -2.33. The van der Waals surface area contributed by atoms with E-state index in [4.69, 9.17) is 4.98 Å². The Morgan fingerprint density at radius 3 is 3.14 bits per heavy atom. The standard InChI is InChI=1S/C11H16N2S/c1-3-10-12-8-6-7-4-5-9(13(7)2)11(8)14-10/h7,9H,3-6H2,1-2H3. The van der Waals surface area contributed by atoms with Gasteiger partial charge in [-0.1, -0.05) is 6.92 Å². The molecule has 2 aliphatic rings. The second kappa shape index (κ2) is 3.04. The zero-order valence-electron chi connectivity index (χ0n) is 8.79. The van der Waals surface area contributed by atoms with Crippen LogP contribution in [0.15, 0.2) is 0 Å². The Hall–Kier alpha value is -0.410. The van der Waals surface area contributed by atoms with Gasteiger partial charge >= 0.3 is 0 Å². The Morgan fingerprint density at radius 1 is 1.50 bits per heavy atom. The van der Waals surface area contributed by atoms with Crippen molar-refractivity contribution in [2.24, 2.45) is 0 Å². The SMILES string of the molecule is CCc1nc2c(s1)C1CCC(C2)N1C. The fraction of sp³-hybridized carbons (Fsp3) is 0.727. The topological polar surface area (TPSA) is 16.1 Å². The number of rotatable bonds is 1. The fourth-order valence-corrected chi connectivity index (χ4v) is 3.99. The van der Waals surface area contributed by atoms with E-state index in [-0.39, 0.29) is 0 Å². The number of likely N-dealkylation sites (N-methyl/N-ethyl adjacent to an activating group) is 1. The molecule has 0 radical (unpaired) electrons. The maximum atomic E-state index is 4.74. The Balaban J connectivity index is 2.05. The van der Waals surface area contributed by atoms with Gasteiger partial charge in [0, 0.05) is 23.4 Å². The van der Waals surface area contributed by atoms with Gasteiger partial charge in [-0.3, -0.25) is 4.90 Å². The first-order valence-electron chi connectivity index (χ1n) is 5.50. The summed E-state index contributed by atoms with van der Waals surface area (Å²) in [6.07, 6.45) is 5.00. The fourth-order valence-electron chi connectivity index (χ4n) is 2.77. The molecular weight excluding hydrogens is 192 g/mol. The molecule has 0 aliphatic carbocycles. The predicted octanol–water partition coefficient (Wildman–Crippen LogP) is 2.40. The van der Waals surface area contributed by atoms with Crippen molar-refractivity contribution in [3.63, 3.8) is 0 Å². The Morgan fingerprint density at radius 2 is 2.36 bits per heavy atom. The van der Waals surface area contributed by atoms with Crippen LogP contribution in [0.5, 0.6) is 0 Å². The Kier molecular flexibility index (Phi) is 1.92. The highest BCUT2D eigenvalue weighted by Gasteiger charge is 2.39. The Labute approximate surface area is 89.0 Å². The van der Waals surface area contributed by atoms with Gasteiger partial charge in [0.2, 0.25) is 0 Å². The Bertz CT molecular complexity index is 358. The van der Waals surface area contributed by atoms with Crippen LogP contribution < -0.4 is 0 Å². The average Bonchev–Trinajstić information content (AvgIpc) is 2.69. The van der Waals surface area contributed by atoms with Gasteiger partial charge in [-0.2, -0.15) is 0 Å². The highest BCUT2D eigenvalue weighted by Crippen LogP contribution is 2.44. The van der Waals surface area contributed by atoms with Gasteiger partial charge in [0.25, 0.3) is 0 Å². The van der Waals surface area contributed by atoms with Gasteiger partial charge < -0.3 is 0 Å². The first kappa shape index (κ1) is 8.86. The molecule has 76 valence electrons. The van der Waals surface area contributed by atoms with E-state index < -0.39 is 0 Å². The second-order valence-electron chi connectivity index (χ2n) is 4.39. The van der Waals surface area contributed by atoms with Crippen LogP contribution in [0.1, 0.15) is 41.4 Å². The van der Waals surface area contributed by atoms with E-state index in [1.165, 1.54) is 30.0 Å². The van der Waals surface area contributed by atoms with E-state index in [1.807, 2.05) is 11.3 Å². The molecule has 3 heteroatoms. The summed E-state index contributed by atoms with van der Waals surface area (Å²) in [6, 6.07) is 1.47. The maximum Gasteiger partial charge on any atom is 0.0929 e. The first-order valence-corrected chi connectivity index (χ1v) is 6.31. The van der Waals surface area contributed by atoms with Gasteiger partial charge in [-0.25, -0.2) is 4.98 Å². The van der Waals surface area contributed by atoms with E-state index in [0.717, 1.165) is 12.5 Å². The summed E-state index contributed by atoms with van der Waals surface area (Å²) in [4.78, 5) is 8.86. The third-order valence-electron chi connectivity index (χ3n) is 3.65. The van der Waals surface area contributed by atoms with Crippen LogP contribution in [-0.2, 0) is 12.8 Å². The van der Waals surface area contributed by atoms with Crippen molar-refractivity contribution >= 4 is 11.3 Å². The smallest absolute Gasteiger partial charge is 0.0929 e. The van der Waals surface area contributed by atoms with E-state index in [0.29, 0.717) is 6.04 Å². The number of thiazole rings is 1. The molecule has 2 unspecified atom stereocenters. The highest BCUT2D eigenvalue weighted by molar-refractivity contribution is 7.11. The summed E-state index contributed by atoms with van der Waals surface area (Å²) >= 11 is 1.95. The van der Waals surface area contributed by atoms with Crippen LogP contribution in [-0.4, -0.2) is 23.0 Å².